The fraction of sp³-hybridized carbons (Fsp3) is 0.385. The Hall–Kier alpha value is -3.95. The number of piperidine rings is 2. The first-order valence-corrected chi connectivity index (χ1v) is 13.6. The van der Waals surface area contributed by atoms with Crippen LogP contribution in [-0.4, -0.2) is 81.4 Å². The van der Waals surface area contributed by atoms with E-state index in [0.29, 0.717) is 61.6 Å². The Morgan fingerprint density at radius 3 is 1.88 bits per heavy atom. The summed E-state index contributed by atoms with van der Waals surface area (Å²) in [5, 5.41) is 26.7. The van der Waals surface area contributed by atoms with Crippen LogP contribution in [0.15, 0.2) is 36.4 Å². The largest absolute Gasteiger partial charge is 0.507 e. The van der Waals surface area contributed by atoms with Crippen LogP contribution in [0.1, 0.15) is 23.2 Å². The van der Waals surface area contributed by atoms with E-state index in [9.17, 15) is 15.0 Å². The number of benzene rings is 2. The molecular weight excluding hydrogens is 550 g/mol. The highest BCUT2D eigenvalue weighted by Crippen LogP contribution is 2.31. The van der Waals surface area contributed by atoms with Gasteiger partial charge in [-0.25, -0.2) is 0 Å². The molecule has 41 heavy (non-hydrogen) atoms. The molecule has 218 valence electrons. The first-order chi connectivity index (χ1) is 19.5. The number of aromatic nitrogens is 3. The van der Waals surface area contributed by atoms with Crippen molar-refractivity contribution in [1.29, 1.82) is 0 Å². The van der Waals surface area contributed by atoms with Crippen molar-refractivity contribution in [1.82, 2.24) is 15.0 Å². The van der Waals surface area contributed by atoms with E-state index < -0.39 is 5.91 Å². The molecule has 3 aromatic rings. The molecule has 2 fully saturated rings. The Balaban J connectivity index is 1.39. The molecule has 4 unspecified atom stereocenters. The molecule has 0 spiro atoms. The number of aromatic hydroxyl groups is 2. The van der Waals surface area contributed by atoms with Crippen LogP contribution in [0.2, 0.25) is 5.02 Å². The molecule has 0 radical (unpaired) electrons. The van der Waals surface area contributed by atoms with E-state index in [1.165, 1.54) is 30.3 Å². The molecule has 0 bridgehead atoms. The number of phenolic OH excluding ortho intramolecular Hbond substituents is 2. The van der Waals surface area contributed by atoms with Gasteiger partial charge in [-0.15, -0.1) is 0 Å². The molecule has 15 heteroatoms. The minimum Gasteiger partial charge on any atom is -0.507 e. The second-order valence-electron chi connectivity index (χ2n) is 10.6. The predicted octanol–water partition coefficient (Wildman–Crippen LogP) is 0.662. The number of nitrogens with zero attached hydrogens (tertiary/aromatic N) is 5. The lowest BCUT2D eigenvalue weighted by molar-refractivity contribution is 0.102. The van der Waals surface area contributed by atoms with Crippen molar-refractivity contribution in [2.24, 2.45) is 22.9 Å². The van der Waals surface area contributed by atoms with Crippen LogP contribution in [0, 0.1) is 0 Å². The lowest BCUT2D eigenvalue weighted by Gasteiger charge is -2.37. The Morgan fingerprint density at radius 2 is 1.37 bits per heavy atom. The number of anilines is 5. The summed E-state index contributed by atoms with van der Waals surface area (Å²) >= 11 is 5.84. The number of nitrogens with one attached hydrogen (secondary N) is 2. The van der Waals surface area contributed by atoms with Crippen LogP contribution in [0.5, 0.6) is 11.5 Å². The number of carbonyl (C=O) groups is 1. The van der Waals surface area contributed by atoms with Gasteiger partial charge in [0.2, 0.25) is 17.8 Å². The van der Waals surface area contributed by atoms with Gasteiger partial charge in [0.25, 0.3) is 5.91 Å². The molecule has 0 saturated carbocycles. The maximum atomic E-state index is 12.6. The highest BCUT2D eigenvalue weighted by molar-refractivity contribution is 6.31. The smallest absolute Gasteiger partial charge is 0.259 e. The van der Waals surface area contributed by atoms with E-state index in [2.05, 4.69) is 20.6 Å². The van der Waals surface area contributed by atoms with Crippen LogP contribution in [0.25, 0.3) is 0 Å². The van der Waals surface area contributed by atoms with Crippen LogP contribution < -0.4 is 43.4 Å². The predicted molar refractivity (Wildman–Crippen MR) is 158 cm³/mol. The zero-order chi connectivity index (χ0) is 29.3. The van der Waals surface area contributed by atoms with Gasteiger partial charge in [0.1, 0.15) is 11.5 Å². The lowest BCUT2D eigenvalue weighted by atomic mass is 10.0. The molecule has 5 rings (SSSR count). The summed E-state index contributed by atoms with van der Waals surface area (Å²) < 4.78 is 0. The molecule has 14 nitrogen and oxygen atoms in total. The zero-order valence-electron chi connectivity index (χ0n) is 22.2. The van der Waals surface area contributed by atoms with Gasteiger partial charge in [-0.1, -0.05) is 11.6 Å². The third kappa shape index (κ3) is 6.86. The number of amides is 1. The Morgan fingerprint density at radius 1 is 0.805 bits per heavy atom. The molecule has 3 heterocycles. The fourth-order valence-corrected chi connectivity index (χ4v) is 5.27. The first kappa shape index (κ1) is 28.6. The second kappa shape index (κ2) is 11.9. The fourth-order valence-electron chi connectivity index (χ4n) is 5.11. The summed E-state index contributed by atoms with van der Waals surface area (Å²) in [7, 11) is 0. The standard InChI is InChI=1S/C26H34ClN11O3/c27-13-1-3-19(21(39)5-13)23(41)33-20-4-2-18(8-22(20)40)32-24-34-25(37-9-14(28)6-15(29)10-37)36-26(35-24)38-11-16(30)7-17(31)12-38/h1-5,8,14-17,39-40H,6-7,9-12,28-31H2,(H,33,41)(H,32,34,35,36). The quantitative estimate of drug-likeness (QED) is 0.187. The highest BCUT2D eigenvalue weighted by Gasteiger charge is 2.29. The van der Waals surface area contributed by atoms with Crippen molar-refractivity contribution in [2.75, 3.05) is 46.6 Å². The van der Waals surface area contributed by atoms with Crippen molar-refractivity contribution < 1.29 is 15.0 Å². The molecule has 12 N–H and O–H groups in total. The molecular formula is C26H34ClN11O3. The van der Waals surface area contributed by atoms with Crippen LogP contribution in [0.4, 0.5) is 29.2 Å². The van der Waals surface area contributed by atoms with Crippen LogP contribution in [0.3, 0.4) is 0 Å². The van der Waals surface area contributed by atoms with Crippen LogP contribution >= 0.6 is 11.6 Å². The molecule has 0 aliphatic carbocycles. The van der Waals surface area contributed by atoms with Gasteiger partial charge in [-0.2, -0.15) is 15.0 Å². The van der Waals surface area contributed by atoms with Crippen molar-refractivity contribution in [3.8, 4) is 11.5 Å². The summed E-state index contributed by atoms with van der Waals surface area (Å²) in [6.07, 6.45) is 1.41. The molecule has 2 saturated heterocycles. The van der Waals surface area contributed by atoms with Crippen LogP contribution in [-0.2, 0) is 0 Å². The number of halogens is 1. The summed E-state index contributed by atoms with van der Waals surface area (Å²) in [4.78, 5) is 30.4. The van der Waals surface area contributed by atoms with Crippen molar-refractivity contribution in [3.63, 3.8) is 0 Å². The molecule has 2 aliphatic heterocycles. The number of phenols is 2. The monoisotopic (exact) mass is 583 g/mol. The van der Waals surface area contributed by atoms with Gasteiger partial charge in [-0.3, -0.25) is 4.79 Å². The molecule has 1 aromatic heterocycles. The molecule has 2 aliphatic rings. The summed E-state index contributed by atoms with van der Waals surface area (Å²) in [5.41, 5.74) is 25.5. The van der Waals surface area contributed by atoms with Gasteiger partial charge in [0.05, 0.1) is 11.3 Å². The van der Waals surface area contributed by atoms with Crippen molar-refractivity contribution in [2.45, 2.75) is 37.0 Å². The maximum Gasteiger partial charge on any atom is 0.259 e. The summed E-state index contributed by atoms with van der Waals surface area (Å²) in [5.74, 6) is -0.0587. The molecule has 2 aromatic carbocycles. The van der Waals surface area contributed by atoms with Gasteiger partial charge >= 0.3 is 0 Å². The number of hydrogen-bond donors (Lipinski definition) is 8. The van der Waals surface area contributed by atoms with Gasteiger partial charge < -0.3 is 53.6 Å². The minimum absolute atomic E-state index is 0.00976. The molecule has 1 amide bonds. The second-order valence-corrected chi connectivity index (χ2v) is 11.0. The molecule has 4 atom stereocenters. The van der Waals surface area contributed by atoms with E-state index in [4.69, 9.17) is 39.5 Å². The highest BCUT2D eigenvalue weighted by atomic mass is 35.5. The van der Waals surface area contributed by atoms with Gasteiger partial charge in [0.15, 0.2) is 0 Å². The number of hydrogen-bond acceptors (Lipinski definition) is 13. The van der Waals surface area contributed by atoms with Crippen molar-refractivity contribution >= 4 is 46.7 Å². The SMILES string of the molecule is NC1CC(N)CN(c2nc(Nc3ccc(NC(=O)c4ccc(Cl)cc4O)c(O)c3)nc(N3CC(N)CC(N)C3)n2)C1. The third-order valence-corrected chi connectivity index (χ3v) is 7.15. The average molecular weight is 584 g/mol. The number of carbonyl (C=O) groups excluding carboxylic acids is 1. The normalized spacial score (nSPS) is 22.9. The summed E-state index contributed by atoms with van der Waals surface area (Å²) in [6, 6.07) is 8.21. The minimum atomic E-state index is -0.613. The third-order valence-electron chi connectivity index (χ3n) is 6.91. The Labute approximate surface area is 241 Å². The maximum absolute atomic E-state index is 12.6. The Kier molecular flexibility index (Phi) is 8.28. The first-order valence-electron chi connectivity index (χ1n) is 13.2. The average Bonchev–Trinajstić information content (AvgIpc) is 2.89. The van der Waals surface area contributed by atoms with E-state index in [1.807, 2.05) is 9.80 Å². The van der Waals surface area contributed by atoms with Gasteiger partial charge in [-0.05, 0) is 43.2 Å². The Bertz CT molecular complexity index is 1360. The van der Waals surface area contributed by atoms with E-state index >= 15 is 0 Å². The lowest BCUT2D eigenvalue weighted by Crippen LogP contribution is -2.54. The zero-order valence-corrected chi connectivity index (χ0v) is 23.0. The van der Waals surface area contributed by atoms with Crippen molar-refractivity contribution in [3.05, 3.63) is 47.0 Å². The van der Waals surface area contributed by atoms with E-state index in [1.54, 1.807) is 6.07 Å². The number of rotatable bonds is 6. The van der Waals surface area contributed by atoms with E-state index in [-0.39, 0.29) is 52.9 Å². The summed E-state index contributed by atoms with van der Waals surface area (Å²) in [6.45, 7) is 2.14. The topological polar surface area (TPSA) is 231 Å². The van der Waals surface area contributed by atoms with Gasteiger partial charge in [0, 0.05) is 67.1 Å². The number of nitrogens with two attached hydrogens (primary N) is 4. The van der Waals surface area contributed by atoms with E-state index in [0.717, 1.165) is 0 Å².